The van der Waals surface area contributed by atoms with Gasteiger partial charge in [-0.3, -0.25) is 0 Å². The molecule has 0 bridgehead atoms. The molecular formula is C15H22N2. The molecule has 2 atom stereocenters. The van der Waals surface area contributed by atoms with Crippen LogP contribution in [0.3, 0.4) is 0 Å². The van der Waals surface area contributed by atoms with Crippen molar-refractivity contribution in [3.05, 3.63) is 30.0 Å². The van der Waals surface area contributed by atoms with Gasteiger partial charge in [-0.15, -0.1) is 0 Å². The van der Waals surface area contributed by atoms with Crippen molar-refractivity contribution in [3.8, 4) is 0 Å². The molecule has 0 radical (unpaired) electrons. The van der Waals surface area contributed by atoms with Crippen LogP contribution in [0.4, 0.5) is 5.82 Å². The van der Waals surface area contributed by atoms with E-state index in [-0.39, 0.29) is 10.8 Å². The van der Waals surface area contributed by atoms with Crippen LogP contribution in [0, 0.1) is 10.8 Å². The molecule has 0 spiro atoms. The van der Waals surface area contributed by atoms with Crippen molar-refractivity contribution in [1.82, 2.24) is 4.98 Å². The fraction of sp³-hybridized carbons (Fsp3) is 0.533. The van der Waals surface area contributed by atoms with E-state index in [1.165, 1.54) is 5.56 Å². The number of nitrogens with zero attached hydrogens (tertiary/aromatic N) is 1. The maximum absolute atomic E-state index is 4.65. The van der Waals surface area contributed by atoms with Gasteiger partial charge in [0, 0.05) is 29.3 Å². The number of aliphatic imine (C=N–C) groups is 1. The topological polar surface area (TPSA) is 28.1 Å². The summed E-state index contributed by atoms with van der Waals surface area (Å²) in [6, 6.07) is 2.11. The molecule has 1 aliphatic rings. The Morgan fingerprint density at radius 3 is 2.71 bits per heavy atom. The molecule has 92 valence electrons. The largest absolute Gasteiger partial charge is 0.346 e. The van der Waals surface area contributed by atoms with E-state index in [4.69, 9.17) is 0 Å². The summed E-state index contributed by atoms with van der Waals surface area (Å²) in [7, 11) is 0. The Hall–Kier alpha value is -1.31. The number of allylic oxidation sites excluding steroid dienone is 2. The summed E-state index contributed by atoms with van der Waals surface area (Å²) in [6.45, 7) is 11.2. The minimum atomic E-state index is -0.00986. The summed E-state index contributed by atoms with van der Waals surface area (Å²) >= 11 is 0. The summed E-state index contributed by atoms with van der Waals surface area (Å²) < 4.78 is 0. The lowest BCUT2D eigenvalue weighted by Gasteiger charge is -2.37. The van der Waals surface area contributed by atoms with E-state index in [9.17, 15) is 0 Å². The molecule has 1 N–H and O–H groups in total. The number of H-pyrrole nitrogens is 1. The highest BCUT2D eigenvalue weighted by molar-refractivity contribution is 5.73. The Morgan fingerprint density at radius 1 is 1.35 bits per heavy atom. The van der Waals surface area contributed by atoms with E-state index >= 15 is 0 Å². The summed E-state index contributed by atoms with van der Waals surface area (Å²) in [5, 5.41) is 0. The second kappa shape index (κ2) is 3.86. The maximum Gasteiger partial charge on any atom is 0.133 e. The first-order valence-corrected chi connectivity index (χ1v) is 6.25. The Balaban J connectivity index is 2.49. The molecule has 0 saturated carbocycles. The quantitative estimate of drug-likeness (QED) is 0.638. The van der Waals surface area contributed by atoms with Gasteiger partial charge in [0.2, 0.25) is 0 Å². The SMILES string of the molecule is CC1/C=C\C(C)(C(C)(C)C)/C=N\c2[nH]ccc21. The first-order valence-electron chi connectivity index (χ1n) is 6.25. The van der Waals surface area contributed by atoms with E-state index in [2.05, 4.69) is 69.0 Å². The van der Waals surface area contributed by atoms with Gasteiger partial charge in [0.1, 0.15) is 5.82 Å². The number of nitrogens with one attached hydrogen (secondary N) is 1. The molecule has 0 saturated heterocycles. The Kier molecular flexibility index (Phi) is 2.76. The lowest BCUT2D eigenvalue weighted by atomic mass is 9.68. The number of aromatic amines is 1. The number of fused-ring (bicyclic) bond motifs is 1. The normalized spacial score (nSPS) is 32.4. The first-order chi connectivity index (χ1) is 7.83. The molecule has 0 aromatic carbocycles. The van der Waals surface area contributed by atoms with Crippen LogP contribution in [0.15, 0.2) is 29.4 Å². The van der Waals surface area contributed by atoms with Crippen LogP contribution in [0.1, 0.15) is 46.1 Å². The van der Waals surface area contributed by atoms with Crippen molar-refractivity contribution in [2.75, 3.05) is 0 Å². The number of rotatable bonds is 0. The van der Waals surface area contributed by atoms with E-state index < -0.39 is 0 Å². The van der Waals surface area contributed by atoms with Crippen molar-refractivity contribution in [2.24, 2.45) is 15.8 Å². The third-order valence-corrected chi connectivity index (χ3v) is 4.06. The van der Waals surface area contributed by atoms with Crippen LogP contribution in [-0.2, 0) is 0 Å². The van der Waals surface area contributed by atoms with Gasteiger partial charge in [-0.25, -0.2) is 4.99 Å². The zero-order valence-electron chi connectivity index (χ0n) is 11.4. The van der Waals surface area contributed by atoms with Gasteiger partial charge < -0.3 is 4.98 Å². The third kappa shape index (κ3) is 2.08. The predicted molar refractivity (Wildman–Crippen MR) is 74.1 cm³/mol. The fourth-order valence-corrected chi connectivity index (χ4v) is 1.99. The zero-order valence-corrected chi connectivity index (χ0v) is 11.4. The van der Waals surface area contributed by atoms with E-state index in [1.807, 2.05) is 6.20 Å². The molecule has 2 rings (SSSR count). The van der Waals surface area contributed by atoms with Gasteiger partial charge in [0.15, 0.2) is 0 Å². The summed E-state index contributed by atoms with van der Waals surface area (Å²) in [5.74, 6) is 1.41. The highest BCUT2D eigenvalue weighted by atomic mass is 14.9. The highest BCUT2D eigenvalue weighted by Crippen LogP contribution is 2.41. The van der Waals surface area contributed by atoms with E-state index in [0.717, 1.165) is 5.82 Å². The summed E-state index contributed by atoms with van der Waals surface area (Å²) in [5.41, 5.74) is 1.43. The van der Waals surface area contributed by atoms with Gasteiger partial charge in [0.05, 0.1) is 0 Å². The van der Waals surface area contributed by atoms with Gasteiger partial charge in [-0.2, -0.15) is 0 Å². The van der Waals surface area contributed by atoms with Crippen molar-refractivity contribution >= 4 is 12.0 Å². The molecule has 2 unspecified atom stereocenters. The monoisotopic (exact) mass is 230 g/mol. The van der Waals surface area contributed by atoms with Crippen molar-refractivity contribution < 1.29 is 0 Å². The van der Waals surface area contributed by atoms with Gasteiger partial charge >= 0.3 is 0 Å². The minimum Gasteiger partial charge on any atom is -0.346 e. The molecule has 0 aliphatic carbocycles. The van der Waals surface area contributed by atoms with E-state index in [0.29, 0.717) is 5.92 Å². The van der Waals surface area contributed by atoms with Crippen molar-refractivity contribution in [2.45, 2.75) is 40.5 Å². The second-order valence-electron chi connectivity index (χ2n) is 6.22. The molecule has 2 nitrogen and oxygen atoms in total. The first kappa shape index (κ1) is 12.2. The molecule has 1 aromatic heterocycles. The molecule has 1 aliphatic heterocycles. The third-order valence-electron chi connectivity index (χ3n) is 4.06. The number of aromatic nitrogens is 1. The Labute approximate surface area is 104 Å². The molecular weight excluding hydrogens is 208 g/mol. The van der Waals surface area contributed by atoms with Gasteiger partial charge in [-0.1, -0.05) is 46.8 Å². The molecule has 2 heterocycles. The van der Waals surface area contributed by atoms with Crippen LogP contribution < -0.4 is 0 Å². The summed E-state index contributed by atoms with van der Waals surface area (Å²) in [4.78, 5) is 7.86. The Morgan fingerprint density at radius 2 is 2.06 bits per heavy atom. The van der Waals surface area contributed by atoms with Crippen LogP contribution in [-0.4, -0.2) is 11.2 Å². The van der Waals surface area contributed by atoms with Gasteiger partial charge in [-0.05, 0) is 11.5 Å². The lowest BCUT2D eigenvalue weighted by Crippen LogP contribution is -2.32. The smallest absolute Gasteiger partial charge is 0.133 e. The summed E-state index contributed by atoms with van der Waals surface area (Å²) in [6.07, 6.45) is 8.64. The molecule has 0 fully saturated rings. The van der Waals surface area contributed by atoms with Crippen LogP contribution in [0.2, 0.25) is 0 Å². The van der Waals surface area contributed by atoms with E-state index in [1.54, 1.807) is 0 Å². The van der Waals surface area contributed by atoms with Crippen molar-refractivity contribution in [3.63, 3.8) is 0 Å². The van der Waals surface area contributed by atoms with Crippen LogP contribution in [0.25, 0.3) is 0 Å². The maximum atomic E-state index is 4.65. The molecule has 17 heavy (non-hydrogen) atoms. The fourth-order valence-electron chi connectivity index (χ4n) is 1.99. The van der Waals surface area contributed by atoms with Gasteiger partial charge in [0.25, 0.3) is 0 Å². The number of hydrogen-bond donors (Lipinski definition) is 1. The predicted octanol–water partition coefficient (Wildman–Crippen LogP) is 4.44. The van der Waals surface area contributed by atoms with Crippen molar-refractivity contribution in [1.29, 1.82) is 0 Å². The van der Waals surface area contributed by atoms with Crippen LogP contribution in [0.5, 0.6) is 0 Å². The Bertz CT molecular complexity index is 460. The second-order valence-corrected chi connectivity index (χ2v) is 6.22. The number of hydrogen-bond acceptors (Lipinski definition) is 1. The van der Waals surface area contributed by atoms with Crippen LogP contribution >= 0.6 is 0 Å². The molecule has 2 heteroatoms. The standard InChI is InChI=1S/C15H22N2/c1-11-6-8-15(5,14(2,3)4)10-17-13-12(11)7-9-16-13/h6-11,16H,1-5H3/b8-6-,17-10-. The molecule has 1 aromatic rings. The lowest BCUT2D eigenvalue weighted by molar-refractivity contribution is 0.256. The zero-order chi connectivity index (χ0) is 12.7. The minimum absolute atomic E-state index is 0.00986. The highest BCUT2D eigenvalue weighted by Gasteiger charge is 2.34. The average Bonchev–Trinajstić information content (AvgIpc) is 2.67. The molecule has 0 amide bonds. The average molecular weight is 230 g/mol.